The van der Waals surface area contributed by atoms with E-state index in [0.717, 1.165) is 18.7 Å². The lowest BCUT2D eigenvalue weighted by atomic mass is 10.2. The van der Waals surface area contributed by atoms with Gasteiger partial charge in [-0.25, -0.2) is 4.98 Å². The zero-order chi connectivity index (χ0) is 12.2. The second-order valence-corrected chi connectivity index (χ2v) is 5.94. The third kappa shape index (κ3) is 5.05. The van der Waals surface area contributed by atoms with Gasteiger partial charge < -0.3 is 10.1 Å². The lowest BCUT2D eigenvalue weighted by molar-refractivity contribution is -0.0134. The van der Waals surface area contributed by atoms with Crippen molar-refractivity contribution in [1.82, 2.24) is 10.3 Å². The summed E-state index contributed by atoms with van der Waals surface area (Å²) in [5, 5.41) is 6.54. The molecule has 0 aliphatic carbocycles. The van der Waals surface area contributed by atoms with E-state index in [1.807, 2.05) is 14.0 Å². The SMILES string of the molecule is CNC(COC(C)(C)C)Cc1nc(C)cs1. The zero-order valence-corrected chi connectivity index (χ0v) is 11.6. The molecule has 0 saturated carbocycles. The average Bonchev–Trinajstić information content (AvgIpc) is 2.57. The number of aromatic nitrogens is 1. The molecule has 16 heavy (non-hydrogen) atoms. The van der Waals surface area contributed by atoms with E-state index < -0.39 is 0 Å². The number of nitrogens with one attached hydrogen (secondary N) is 1. The number of nitrogens with zero attached hydrogens (tertiary/aromatic N) is 1. The Bertz CT molecular complexity index is 317. The fraction of sp³-hybridized carbons (Fsp3) is 0.750. The van der Waals surface area contributed by atoms with Gasteiger partial charge in [-0.2, -0.15) is 0 Å². The van der Waals surface area contributed by atoms with Crippen LogP contribution in [0.15, 0.2) is 5.38 Å². The number of hydrogen-bond acceptors (Lipinski definition) is 4. The van der Waals surface area contributed by atoms with Crippen LogP contribution in [0.3, 0.4) is 0 Å². The van der Waals surface area contributed by atoms with Crippen molar-refractivity contribution in [2.75, 3.05) is 13.7 Å². The van der Waals surface area contributed by atoms with Crippen LogP contribution in [0.25, 0.3) is 0 Å². The smallest absolute Gasteiger partial charge is 0.0944 e. The van der Waals surface area contributed by atoms with Crippen molar-refractivity contribution in [2.24, 2.45) is 0 Å². The fourth-order valence-electron chi connectivity index (χ4n) is 1.30. The highest BCUT2D eigenvalue weighted by molar-refractivity contribution is 7.09. The minimum Gasteiger partial charge on any atom is -0.374 e. The summed E-state index contributed by atoms with van der Waals surface area (Å²) in [6.45, 7) is 8.98. The minimum absolute atomic E-state index is 0.0755. The Morgan fingerprint density at radius 1 is 1.50 bits per heavy atom. The Labute approximate surface area is 102 Å². The topological polar surface area (TPSA) is 34.1 Å². The van der Waals surface area contributed by atoms with Crippen molar-refractivity contribution in [3.8, 4) is 0 Å². The first-order valence-corrected chi connectivity index (χ1v) is 6.51. The summed E-state index contributed by atoms with van der Waals surface area (Å²) in [5.74, 6) is 0. The first kappa shape index (κ1) is 13.6. The van der Waals surface area contributed by atoms with Gasteiger partial charge in [0, 0.05) is 23.5 Å². The van der Waals surface area contributed by atoms with Crippen molar-refractivity contribution in [2.45, 2.75) is 45.8 Å². The summed E-state index contributed by atoms with van der Waals surface area (Å²) < 4.78 is 5.78. The van der Waals surface area contributed by atoms with Gasteiger partial charge in [0.1, 0.15) is 0 Å². The molecule has 1 heterocycles. The quantitative estimate of drug-likeness (QED) is 0.861. The molecule has 0 fully saturated rings. The lowest BCUT2D eigenvalue weighted by Crippen LogP contribution is -2.36. The lowest BCUT2D eigenvalue weighted by Gasteiger charge is -2.23. The summed E-state index contributed by atoms with van der Waals surface area (Å²) in [6.07, 6.45) is 0.936. The van der Waals surface area contributed by atoms with E-state index in [-0.39, 0.29) is 5.60 Å². The largest absolute Gasteiger partial charge is 0.374 e. The van der Waals surface area contributed by atoms with Crippen molar-refractivity contribution in [3.05, 3.63) is 16.1 Å². The van der Waals surface area contributed by atoms with Crippen LogP contribution in [0.1, 0.15) is 31.5 Å². The van der Waals surface area contributed by atoms with E-state index in [1.54, 1.807) is 11.3 Å². The molecule has 92 valence electrons. The molecule has 0 bridgehead atoms. The van der Waals surface area contributed by atoms with Crippen LogP contribution in [0, 0.1) is 6.92 Å². The van der Waals surface area contributed by atoms with Crippen LogP contribution >= 0.6 is 11.3 Å². The number of hydrogen-bond donors (Lipinski definition) is 1. The van der Waals surface area contributed by atoms with Crippen molar-refractivity contribution in [3.63, 3.8) is 0 Å². The highest BCUT2D eigenvalue weighted by Crippen LogP contribution is 2.13. The van der Waals surface area contributed by atoms with E-state index in [4.69, 9.17) is 4.74 Å². The molecule has 0 amide bonds. The third-order valence-corrected chi connectivity index (χ3v) is 3.20. The average molecular weight is 242 g/mol. The monoisotopic (exact) mass is 242 g/mol. The normalized spacial score (nSPS) is 14.1. The highest BCUT2D eigenvalue weighted by atomic mass is 32.1. The van der Waals surface area contributed by atoms with Gasteiger partial charge in [0.05, 0.1) is 17.2 Å². The minimum atomic E-state index is -0.0755. The van der Waals surface area contributed by atoms with Crippen molar-refractivity contribution < 1.29 is 4.74 Å². The van der Waals surface area contributed by atoms with E-state index >= 15 is 0 Å². The predicted octanol–water partition coefficient (Wildman–Crippen LogP) is 2.40. The maximum atomic E-state index is 5.78. The number of thiazole rings is 1. The highest BCUT2D eigenvalue weighted by Gasteiger charge is 2.15. The molecule has 0 aromatic carbocycles. The summed E-state index contributed by atoms with van der Waals surface area (Å²) in [4.78, 5) is 4.47. The van der Waals surface area contributed by atoms with Crippen LogP contribution in [0.4, 0.5) is 0 Å². The van der Waals surface area contributed by atoms with Gasteiger partial charge in [0.25, 0.3) is 0 Å². The van der Waals surface area contributed by atoms with Gasteiger partial charge >= 0.3 is 0 Å². The van der Waals surface area contributed by atoms with Crippen LogP contribution in [0.5, 0.6) is 0 Å². The summed E-state index contributed by atoms with van der Waals surface area (Å²) in [6, 6.07) is 0.338. The van der Waals surface area contributed by atoms with Gasteiger partial charge in [-0.1, -0.05) is 0 Å². The summed E-state index contributed by atoms with van der Waals surface area (Å²) in [7, 11) is 1.97. The predicted molar refractivity (Wildman–Crippen MR) is 69.1 cm³/mol. The Morgan fingerprint density at radius 3 is 2.62 bits per heavy atom. The molecule has 1 N–H and O–H groups in total. The number of aryl methyl sites for hydroxylation is 1. The first-order chi connectivity index (χ1) is 7.40. The molecule has 1 unspecified atom stereocenters. The Hall–Kier alpha value is -0.450. The molecule has 4 heteroatoms. The van der Waals surface area contributed by atoms with Crippen LogP contribution < -0.4 is 5.32 Å². The second kappa shape index (κ2) is 5.75. The van der Waals surface area contributed by atoms with E-state index in [1.165, 1.54) is 5.01 Å². The molecule has 0 saturated heterocycles. The third-order valence-electron chi connectivity index (χ3n) is 2.21. The van der Waals surface area contributed by atoms with Crippen molar-refractivity contribution >= 4 is 11.3 Å². The van der Waals surface area contributed by atoms with Crippen LogP contribution in [-0.4, -0.2) is 30.3 Å². The number of likely N-dealkylation sites (N-methyl/N-ethyl adjacent to an activating group) is 1. The molecule has 3 nitrogen and oxygen atoms in total. The molecule has 0 spiro atoms. The number of rotatable bonds is 5. The maximum Gasteiger partial charge on any atom is 0.0944 e. The molecule has 0 radical (unpaired) electrons. The van der Waals surface area contributed by atoms with Crippen molar-refractivity contribution in [1.29, 1.82) is 0 Å². The molecule has 0 aliphatic heterocycles. The fourth-order valence-corrected chi connectivity index (χ4v) is 2.16. The standard InChI is InChI=1S/C12H22N2OS/c1-9-8-16-11(14-9)6-10(13-5)7-15-12(2,3)4/h8,10,13H,6-7H2,1-5H3. The van der Waals surface area contributed by atoms with Crippen LogP contribution in [0.2, 0.25) is 0 Å². The van der Waals surface area contributed by atoms with Gasteiger partial charge in [-0.05, 0) is 34.7 Å². The van der Waals surface area contributed by atoms with E-state index in [9.17, 15) is 0 Å². The van der Waals surface area contributed by atoms with Gasteiger partial charge in [-0.3, -0.25) is 0 Å². The molecule has 1 atom stereocenters. The summed E-state index contributed by atoms with van der Waals surface area (Å²) >= 11 is 1.72. The number of ether oxygens (including phenoxy) is 1. The van der Waals surface area contributed by atoms with E-state index in [0.29, 0.717) is 6.04 Å². The molecule has 1 aromatic heterocycles. The molecule has 1 rings (SSSR count). The molecule has 0 aliphatic rings. The Kier molecular flexibility index (Phi) is 4.89. The maximum absolute atomic E-state index is 5.78. The molecular weight excluding hydrogens is 220 g/mol. The summed E-state index contributed by atoms with van der Waals surface area (Å²) in [5.41, 5.74) is 1.03. The van der Waals surface area contributed by atoms with Gasteiger partial charge in [-0.15, -0.1) is 11.3 Å². The van der Waals surface area contributed by atoms with E-state index in [2.05, 4.69) is 36.5 Å². The Balaban J connectivity index is 2.43. The molecule has 1 aromatic rings. The van der Waals surface area contributed by atoms with Gasteiger partial charge in [0.2, 0.25) is 0 Å². The molecular formula is C12H22N2OS. The Morgan fingerprint density at radius 2 is 2.19 bits per heavy atom. The van der Waals surface area contributed by atoms with Gasteiger partial charge in [0.15, 0.2) is 0 Å². The second-order valence-electron chi connectivity index (χ2n) is 5.00. The van der Waals surface area contributed by atoms with Crippen LogP contribution in [-0.2, 0) is 11.2 Å². The zero-order valence-electron chi connectivity index (χ0n) is 10.8. The first-order valence-electron chi connectivity index (χ1n) is 5.63.